The summed E-state index contributed by atoms with van der Waals surface area (Å²) < 4.78 is 45.7. The number of aryl methyl sites for hydroxylation is 1. The van der Waals surface area contributed by atoms with Crippen molar-refractivity contribution in [3.05, 3.63) is 90.0 Å². The summed E-state index contributed by atoms with van der Waals surface area (Å²) in [5.41, 5.74) is 7.20. The van der Waals surface area contributed by atoms with E-state index in [0.29, 0.717) is 44.0 Å². The molecule has 0 spiro atoms. The molecular formula is C32H38NO11P. The molecular weight excluding hydrogens is 605 g/mol. The summed E-state index contributed by atoms with van der Waals surface area (Å²) in [6, 6.07) is 23.0. The number of carboxylic acids is 1. The molecule has 0 aliphatic carbocycles. The summed E-state index contributed by atoms with van der Waals surface area (Å²) in [6.07, 6.45) is -1.70. The van der Waals surface area contributed by atoms with E-state index in [1.807, 2.05) is 78.9 Å². The fraction of sp³-hybridized carbons (Fsp3) is 0.375. The molecule has 1 fully saturated rings. The van der Waals surface area contributed by atoms with Crippen molar-refractivity contribution < 1.29 is 52.1 Å². The summed E-state index contributed by atoms with van der Waals surface area (Å²) in [4.78, 5) is 33.9. The number of para-hydroxylation sites is 2. The molecule has 13 heteroatoms. The van der Waals surface area contributed by atoms with Gasteiger partial charge in [0.15, 0.2) is 0 Å². The maximum absolute atomic E-state index is 12.6. The first-order valence-corrected chi connectivity index (χ1v) is 16.1. The average molecular weight is 644 g/mol. The van der Waals surface area contributed by atoms with Crippen molar-refractivity contribution in [2.75, 3.05) is 13.2 Å². The Morgan fingerprint density at radius 1 is 1.04 bits per heavy atom. The summed E-state index contributed by atoms with van der Waals surface area (Å²) in [6.45, 7) is 1.70. The van der Waals surface area contributed by atoms with E-state index in [-0.39, 0.29) is 13.0 Å². The molecule has 242 valence electrons. The van der Waals surface area contributed by atoms with Gasteiger partial charge in [-0.15, -0.1) is 0 Å². The van der Waals surface area contributed by atoms with Crippen molar-refractivity contribution in [3.8, 4) is 17.2 Å². The van der Waals surface area contributed by atoms with Crippen LogP contribution >= 0.6 is 7.82 Å². The van der Waals surface area contributed by atoms with Gasteiger partial charge >= 0.3 is 19.8 Å². The minimum Gasteiger partial charge on any atom is -0.489 e. The number of ether oxygens (including phenoxy) is 4. The topological polar surface area (TPSA) is 173 Å². The van der Waals surface area contributed by atoms with Crippen LogP contribution in [0.3, 0.4) is 0 Å². The molecule has 1 aliphatic rings. The molecule has 3 aromatic rings. The van der Waals surface area contributed by atoms with Crippen molar-refractivity contribution in [1.82, 2.24) is 0 Å². The number of phosphoric acid groups is 1. The molecule has 0 saturated carbocycles. The summed E-state index contributed by atoms with van der Waals surface area (Å²) in [5, 5.41) is 8.99. The van der Waals surface area contributed by atoms with Gasteiger partial charge in [-0.1, -0.05) is 48.5 Å². The number of aliphatic carboxylic acids is 1. The number of esters is 1. The van der Waals surface area contributed by atoms with Gasteiger partial charge in [-0.3, -0.25) is 18.6 Å². The van der Waals surface area contributed by atoms with E-state index in [2.05, 4.69) is 0 Å². The SMILES string of the molecule is C[C@H](OP(=O)(O)O[C@@H]1CCCO[C@H]1COC(=O)CCc1ccccc1OCc1cccc(Oc2ccccc2)c1)[C@H](N)C(=O)O. The second-order valence-corrected chi connectivity index (χ2v) is 11.8. The van der Waals surface area contributed by atoms with Gasteiger partial charge in [0.2, 0.25) is 0 Å². The highest BCUT2D eigenvalue weighted by Crippen LogP contribution is 2.48. The third kappa shape index (κ3) is 11.0. The van der Waals surface area contributed by atoms with Crippen molar-refractivity contribution in [2.24, 2.45) is 5.73 Å². The van der Waals surface area contributed by atoms with E-state index in [0.717, 1.165) is 16.9 Å². The molecule has 0 bridgehead atoms. The number of carbonyl (C=O) groups excluding carboxylic acids is 1. The molecule has 4 N–H and O–H groups in total. The van der Waals surface area contributed by atoms with Gasteiger partial charge < -0.3 is 34.7 Å². The highest BCUT2D eigenvalue weighted by atomic mass is 31.2. The Bertz CT molecular complexity index is 1450. The van der Waals surface area contributed by atoms with E-state index in [4.69, 9.17) is 38.8 Å². The first-order valence-electron chi connectivity index (χ1n) is 14.6. The van der Waals surface area contributed by atoms with Crippen LogP contribution in [0.2, 0.25) is 0 Å². The first kappa shape index (κ1) is 34.1. The molecule has 12 nitrogen and oxygen atoms in total. The van der Waals surface area contributed by atoms with Gasteiger partial charge in [-0.25, -0.2) is 4.57 Å². The second kappa shape index (κ2) is 16.5. The number of carbonyl (C=O) groups is 2. The van der Waals surface area contributed by atoms with E-state index in [1.54, 1.807) is 0 Å². The largest absolute Gasteiger partial charge is 0.489 e. The van der Waals surface area contributed by atoms with Gasteiger partial charge in [0.25, 0.3) is 0 Å². The molecule has 0 amide bonds. The molecule has 0 aromatic heterocycles. The number of rotatable bonds is 16. The fourth-order valence-corrected chi connectivity index (χ4v) is 5.76. The Labute approximate surface area is 261 Å². The van der Waals surface area contributed by atoms with Gasteiger partial charge in [-0.2, -0.15) is 0 Å². The maximum Gasteiger partial charge on any atom is 0.472 e. The zero-order chi connectivity index (χ0) is 32.2. The highest BCUT2D eigenvalue weighted by molar-refractivity contribution is 7.47. The average Bonchev–Trinajstić information content (AvgIpc) is 3.02. The van der Waals surface area contributed by atoms with Crippen LogP contribution in [0, 0.1) is 0 Å². The predicted molar refractivity (Wildman–Crippen MR) is 163 cm³/mol. The zero-order valence-electron chi connectivity index (χ0n) is 24.9. The number of benzene rings is 3. The summed E-state index contributed by atoms with van der Waals surface area (Å²) >= 11 is 0. The third-order valence-corrected chi connectivity index (χ3v) is 8.13. The molecule has 45 heavy (non-hydrogen) atoms. The van der Waals surface area contributed by atoms with Crippen LogP contribution in [0.5, 0.6) is 17.2 Å². The van der Waals surface area contributed by atoms with Crippen LogP contribution < -0.4 is 15.2 Å². The predicted octanol–water partition coefficient (Wildman–Crippen LogP) is 5.02. The van der Waals surface area contributed by atoms with Crippen molar-refractivity contribution in [3.63, 3.8) is 0 Å². The van der Waals surface area contributed by atoms with E-state index in [1.165, 1.54) is 6.92 Å². The summed E-state index contributed by atoms with van der Waals surface area (Å²) in [5.74, 6) is 0.189. The lowest BCUT2D eigenvalue weighted by Gasteiger charge is -2.32. The number of carboxylic acid groups (broad SMARTS) is 1. The van der Waals surface area contributed by atoms with Crippen LogP contribution in [0.25, 0.3) is 0 Å². The van der Waals surface area contributed by atoms with Crippen molar-refractivity contribution in [1.29, 1.82) is 0 Å². The van der Waals surface area contributed by atoms with Crippen LogP contribution in [-0.2, 0) is 45.7 Å². The van der Waals surface area contributed by atoms with Crippen LogP contribution in [0.4, 0.5) is 0 Å². The van der Waals surface area contributed by atoms with E-state index >= 15 is 0 Å². The van der Waals surface area contributed by atoms with Crippen molar-refractivity contribution in [2.45, 2.75) is 63.6 Å². The second-order valence-electron chi connectivity index (χ2n) is 10.5. The molecule has 5 atom stereocenters. The van der Waals surface area contributed by atoms with Gasteiger partial charge in [0.1, 0.15) is 42.6 Å². The molecule has 1 unspecified atom stereocenters. The molecule has 1 saturated heterocycles. The Morgan fingerprint density at radius 3 is 2.56 bits per heavy atom. The lowest BCUT2D eigenvalue weighted by atomic mass is 10.1. The standard InChI is InChI=1S/C32H38NO11P/c1-22(31(33)32(35)36)43-45(37,38)44-28-15-8-18-39-29(28)21-41-30(34)17-16-24-10-5-6-14-27(24)40-20-23-9-7-13-26(19-23)42-25-11-3-2-4-12-25/h2-7,9-14,19,22,28-29,31H,8,15-18,20-21,33H2,1H3,(H,35,36)(H,37,38)/t22-,28+,29-,31-/m0/s1. The Morgan fingerprint density at radius 2 is 1.78 bits per heavy atom. The minimum atomic E-state index is -4.69. The van der Waals surface area contributed by atoms with Crippen LogP contribution in [0.1, 0.15) is 37.3 Å². The van der Waals surface area contributed by atoms with E-state index in [9.17, 15) is 19.0 Å². The molecule has 1 heterocycles. The zero-order valence-corrected chi connectivity index (χ0v) is 25.8. The van der Waals surface area contributed by atoms with Gasteiger partial charge in [0.05, 0.1) is 12.2 Å². The molecule has 3 aromatic carbocycles. The van der Waals surface area contributed by atoms with Crippen molar-refractivity contribution >= 4 is 19.8 Å². The van der Waals surface area contributed by atoms with Gasteiger partial charge in [0, 0.05) is 13.0 Å². The number of phosphoric ester groups is 1. The smallest absolute Gasteiger partial charge is 0.472 e. The van der Waals surface area contributed by atoms with E-state index < -0.39 is 44.1 Å². The van der Waals surface area contributed by atoms with Crippen LogP contribution in [-0.4, -0.2) is 59.5 Å². The number of nitrogens with two attached hydrogens (primary N) is 1. The lowest BCUT2D eigenvalue weighted by Crippen LogP contribution is -2.42. The Hall–Kier alpha value is -3.77. The molecule has 4 rings (SSSR count). The van der Waals surface area contributed by atoms with Crippen LogP contribution in [0.15, 0.2) is 78.9 Å². The highest BCUT2D eigenvalue weighted by Gasteiger charge is 2.38. The third-order valence-electron chi connectivity index (χ3n) is 6.99. The number of hydrogen-bond donors (Lipinski definition) is 3. The minimum absolute atomic E-state index is 0.0607. The first-order chi connectivity index (χ1) is 21.6. The Kier molecular flexibility index (Phi) is 12.5. The molecule has 1 aliphatic heterocycles. The lowest BCUT2D eigenvalue weighted by molar-refractivity contribution is -0.154. The monoisotopic (exact) mass is 643 g/mol. The van der Waals surface area contributed by atoms with Gasteiger partial charge in [-0.05, 0) is 67.6 Å². The summed E-state index contributed by atoms with van der Waals surface area (Å²) in [7, 11) is -4.69. The number of hydrogen-bond acceptors (Lipinski definition) is 10. The fourth-order valence-electron chi connectivity index (χ4n) is 4.58. The Balaban J connectivity index is 1.26. The normalized spacial score (nSPS) is 19.1. The quantitative estimate of drug-likeness (QED) is 0.141. The molecule has 0 radical (unpaired) electrons. The maximum atomic E-state index is 12.6.